The second-order valence-electron chi connectivity index (χ2n) is 6.64. The molecule has 0 radical (unpaired) electrons. The lowest BCUT2D eigenvalue weighted by molar-refractivity contribution is 0.309. The molecule has 2 aromatic rings. The Hall–Kier alpha value is -3.21. The third kappa shape index (κ3) is 5.89. The van der Waals surface area contributed by atoms with Gasteiger partial charge in [-0.15, -0.1) is 13.2 Å². The van der Waals surface area contributed by atoms with Crippen molar-refractivity contribution in [1.82, 2.24) is 10.4 Å². The number of aryl methyl sites for hydroxylation is 1. The number of benzene rings is 2. The number of nitrogens with zero attached hydrogens (tertiary/aromatic N) is 2. The average molecular weight is 412 g/mol. The number of hydrogen-bond acceptors (Lipinski definition) is 3. The molecule has 5 heteroatoms. The number of hydrazine groups is 1. The number of nitrogens with one attached hydrogen (secondary N) is 1. The van der Waals surface area contributed by atoms with Gasteiger partial charge in [-0.3, -0.25) is 5.01 Å². The SMILES string of the molecule is C=C.C=C(c1ccc(C)cc1)C(C)(CN1C=NC=CN1)c1ccc(F)cc1F.CC. The van der Waals surface area contributed by atoms with Gasteiger partial charge in [0.2, 0.25) is 0 Å². The Labute approximate surface area is 179 Å². The maximum absolute atomic E-state index is 14.7. The molecule has 1 heterocycles. The molecule has 0 saturated heterocycles. The molecule has 1 atom stereocenters. The molecule has 30 heavy (non-hydrogen) atoms. The van der Waals surface area contributed by atoms with Crippen LogP contribution in [0.1, 0.15) is 37.5 Å². The van der Waals surface area contributed by atoms with Crippen LogP contribution in [-0.4, -0.2) is 17.9 Å². The Morgan fingerprint density at radius 2 is 1.73 bits per heavy atom. The lowest BCUT2D eigenvalue weighted by atomic mass is 9.73. The topological polar surface area (TPSA) is 27.6 Å². The van der Waals surface area contributed by atoms with Crippen molar-refractivity contribution in [2.24, 2.45) is 4.99 Å². The van der Waals surface area contributed by atoms with Crippen LogP contribution >= 0.6 is 0 Å². The van der Waals surface area contributed by atoms with E-state index in [9.17, 15) is 8.78 Å². The van der Waals surface area contributed by atoms with Gasteiger partial charge in [0.1, 0.15) is 18.0 Å². The average Bonchev–Trinajstić information content (AvgIpc) is 2.77. The molecule has 0 fully saturated rings. The summed E-state index contributed by atoms with van der Waals surface area (Å²) in [4.78, 5) is 4.09. The molecule has 160 valence electrons. The van der Waals surface area contributed by atoms with Crippen LogP contribution in [0.15, 0.2) is 79.6 Å². The first-order valence-electron chi connectivity index (χ1n) is 9.83. The number of rotatable bonds is 5. The molecule has 1 aliphatic heterocycles. The molecular weight excluding hydrogens is 380 g/mol. The van der Waals surface area contributed by atoms with Crippen molar-refractivity contribution >= 4 is 11.9 Å². The third-order valence-corrected chi connectivity index (χ3v) is 4.69. The van der Waals surface area contributed by atoms with Crippen molar-refractivity contribution in [3.8, 4) is 0 Å². The van der Waals surface area contributed by atoms with Gasteiger partial charge in [-0.05, 0) is 31.1 Å². The summed E-state index contributed by atoms with van der Waals surface area (Å²) in [6, 6.07) is 11.6. The highest BCUT2D eigenvalue weighted by atomic mass is 19.1. The van der Waals surface area contributed by atoms with Crippen LogP contribution in [0.3, 0.4) is 0 Å². The molecule has 1 N–H and O–H groups in total. The molecule has 0 spiro atoms. The second-order valence-corrected chi connectivity index (χ2v) is 6.64. The highest BCUT2D eigenvalue weighted by Crippen LogP contribution is 2.39. The standard InChI is InChI=1S/C21H21F2N3.C2H6.C2H4/c1-15-4-6-17(7-5-15)16(2)21(3,13-26-14-24-10-11-25-26)19-9-8-18(22)12-20(19)23;2*1-2/h4-12,14,25H,2,13H2,1,3H3;1-2H3;1-2H2. The summed E-state index contributed by atoms with van der Waals surface area (Å²) in [5, 5.41) is 1.75. The van der Waals surface area contributed by atoms with E-state index in [1.165, 1.54) is 12.1 Å². The van der Waals surface area contributed by atoms with E-state index in [4.69, 9.17) is 0 Å². The fourth-order valence-corrected chi connectivity index (χ4v) is 3.10. The minimum atomic E-state index is -0.808. The van der Waals surface area contributed by atoms with Gasteiger partial charge in [0.05, 0.1) is 6.54 Å². The van der Waals surface area contributed by atoms with Crippen LogP contribution < -0.4 is 5.43 Å². The zero-order valence-corrected chi connectivity index (χ0v) is 18.3. The van der Waals surface area contributed by atoms with Crippen molar-refractivity contribution < 1.29 is 8.78 Å². The Balaban J connectivity index is 0.00000106. The molecule has 0 aromatic heterocycles. The first kappa shape index (κ1) is 24.8. The lowest BCUT2D eigenvalue weighted by Crippen LogP contribution is -2.45. The summed E-state index contributed by atoms with van der Waals surface area (Å²) in [5.41, 5.74) is 5.41. The summed E-state index contributed by atoms with van der Waals surface area (Å²) in [5.74, 6) is -1.19. The molecule has 1 aliphatic rings. The summed E-state index contributed by atoms with van der Waals surface area (Å²) < 4.78 is 28.1. The van der Waals surface area contributed by atoms with Gasteiger partial charge in [0, 0.05) is 29.4 Å². The van der Waals surface area contributed by atoms with Crippen molar-refractivity contribution in [1.29, 1.82) is 0 Å². The molecule has 1 unspecified atom stereocenters. The molecule has 0 aliphatic carbocycles. The van der Waals surface area contributed by atoms with E-state index in [1.54, 1.807) is 23.7 Å². The van der Waals surface area contributed by atoms with Gasteiger partial charge >= 0.3 is 0 Å². The predicted octanol–water partition coefficient (Wildman–Crippen LogP) is 6.39. The van der Waals surface area contributed by atoms with Crippen LogP contribution in [0.4, 0.5) is 8.78 Å². The minimum absolute atomic E-state index is 0.371. The first-order valence-corrected chi connectivity index (χ1v) is 9.83. The van der Waals surface area contributed by atoms with Crippen molar-refractivity contribution in [3.05, 3.63) is 103 Å². The van der Waals surface area contributed by atoms with Gasteiger partial charge in [0.15, 0.2) is 0 Å². The normalized spacial score (nSPS) is 13.7. The van der Waals surface area contributed by atoms with Crippen molar-refractivity contribution in [2.75, 3.05) is 6.54 Å². The number of aliphatic imine (C=N–C) groups is 1. The summed E-state index contributed by atoms with van der Waals surface area (Å²) >= 11 is 0. The van der Waals surface area contributed by atoms with Gasteiger partial charge < -0.3 is 5.43 Å². The molecule has 0 amide bonds. The highest BCUT2D eigenvalue weighted by Gasteiger charge is 2.35. The maximum Gasteiger partial charge on any atom is 0.130 e. The highest BCUT2D eigenvalue weighted by molar-refractivity contribution is 5.74. The fraction of sp³-hybridized carbons (Fsp3) is 0.240. The summed E-state index contributed by atoms with van der Waals surface area (Å²) in [7, 11) is 0. The van der Waals surface area contributed by atoms with Gasteiger partial charge in [0.25, 0.3) is 0 Å². The largest absolute Gasteiger partial charge is 0.303 e. The predicted molar refractivity (Wildman–Crippen MR) is 124 cm³/mol. The Bertz CT molecular complexity index is 888. The quantitative estimate of drug-likeness (QED) is 0.577. The van der Waals surface area contributed by atoms with Crippen LogP contribution in [0, 0.1) is 18.6 Å². The first-order chi connectivity index (χ1) is 14.4. The van der Waals surface area contributed by atoms with Crippen LogP contribution in [0.2, 0.25) is 0 Å². The van der Waals surface area contributed by atoms with E-state index in [0.29, 0.717) is 12.1 Å². The van der Waals surface area contributed by atoms with E-state index in [-0.39, 0.29) is 0 Å². The summed E-state index contributed by atoms with van der Waals surface area (Å²) in [6.45, 7) is 18.5. The number of hydrogen-bond donors (Lipinski definition) is 1. The smallest absolute Gasteiger partial charge is 0.130 e. The minimum Gasteiger partial charge on any atom is -0.303 e. The van der Waals surface area contributed by atoms with E-state index >= 15 is 0 Å². The zero-order valence-electron chi connectivity index (χ0n) is 18.3. The van der Waals surface area contributed by atoms with Crippen LogP contribution in [0.25, 0.3) is 5.57 Å². The van der Waals surface area contributed by atoms with E-state index in [0.717, 1.165) is 22.8 Å². The molecule has 0 saturated carbocycles. The lowest BCUT2D eigenvalue weighted by Gasteiger charge is -2.37. The Morgan fingerprint density at radius 3 is 2.27 bits per heavy atom. The summed E-state index contributed by atoms with van der Waals surface area (Å²) in [6.07, 6.45) is 4.94. The van der Waals surface area contributed by atoms with Crippen molar-refractivity contribution in [2.45, 2.75) is 33.1 Å². The van der Waals surface area contributed by atoms with E-state index < -0.39 is 17.0 Å². The van der Waals surface area contributed by atoms with Crippen LogP contribution in [-0.2, 0) is 5.41 Å². The van der Waals surface area contributed by atoms with Gasteiger partial charge in [-0.2, -0.15) is 0 Å². The van der Waals surface area contributed by atoms with Crippen molar-refractivity contribution in [3.63, 3.8) is 0 Å². The zero-order chi connectivity index (χ0) is 22.7. The molecule has 0 bridgehead atoms. The van der Waals surface area contributed by atoms with Gasteiger partial charge in [-0.25, -0.2) is 13.8 Å². The molecule has 3 rings (SSSR count). The Kier molecular flexibility index (Phi) is 9.69. The van der Waals surface area contributed by atoms with Gasteiger partial charge in [-0.1, -0.05) is 56.3 Å². The monoisotopic (exact) mass is 411 g/mol. The second kappa shape index (κ2) is 11.7. The third-order valence-electron chi connectivity index (χ3n) is 4.69. The van der Waals surface area contributed by atoms with E-state index in [1.807, 2.05) is 52.0 Å². The van der Waals surface area contributed by atoms with Crippen LogP contribution in [0.5, 0.6) is 0 Å². The molecule has 2 aromatic carbocycles. The van der Waals surface area contributed by atoms with E-state index in [2.05, 4.69) is 30.2 Å². The number of halogens is 2. The fourth-order valence-electron chi connectivity index (χ4n) is 3.10. The molecular formula is C25H31F2N3. The Morgan fingerprint density at radius 1 is 1.10 bits per heavy atom. The molecule has 3 nitrogen and oxygen atoms in total. The maximum atomic E-state index is 14.7.